The first-order chi connectivity index (χ1) is 8.05. The molecular formula is C14H20FNO. The first kappa shape index (κ1) is 12.4. The molecule has 0 saturated carbocycles. The first-order valence-corrected chi connectivity index (χ1v) is 6.20. The van der Waals surface area contributed by atoms with E-state index < -0.39 is 0 Å². The quantitative estimate of drug-likeness (QED) is 0.855. The SMILES string of the molecule is CC1(C)C(CO)CCCN1c1cccc(F)c1. The summed E-state index contributed by atoms with van der Waals surface area (Å²) in [5.41, 5.74) is 0.786. The van der Waals surface area contributed by atoms with Gasteiger partial charge < -0.3 is 10.0 Å². The topological polar surface area (TPSA) is 23.5 Å². The van der Waals surface area contributed by atoms with Crippen LogP contribution in [0.4, 0.5) is 10.1 Å². The highest BCUT2D eigenvalue weighted by Crippen LogP contribution is 2.36. The third-order valence-corrected chi connectivity index (χ3v) is 3.97. The Balaban J connectivity index is 2.31. The maximum atomic E-state index is 13.3. The smallest absolute Gasteiger partial charge is 0.125 e. The molecule has 0 radical (unpaired) electrons. The summed E-state index contributed by atoms with van der Waals surface area (Å²) < 4.78 is 13.3. The van der Waals surface area contributed by atoms with E-state index in [2.05, 4.69) is 18.7 Å². The lowest BCUT2D eigenvalue weighted by Crippen LogP contribution is -2.54. The fourth-order valence-electron chi connectivity index (χ4n) is 2.78. The summed E-state index contributed by atoms with van der Waals surface area (Å²) in [5.74, 6) is 0.0453. The minimum Gasteiger partial charge on any atom is -0.396 e. The number of hydrogen-bond donors (Lipinski definition) is 1. The largest absolute Gasteiger partial charge is 0.396 e. The zero-order valence-corrected chi connectivity index (χ0v) is 10.5. The monoisotopic (exact) mass is 237 g/mol. The molecule has 0 bridgehead atoms. The van der Waals surface area contributed by atoms with Gasteiger partial charge in [0.25, 0.3) is 0 Å². The maximum absolute atomic E-state index is 13.3. The van der Waals surface area contributed by atoms with Gasteiger partial charge in [-0.1, -0.05) is 6.07 Å². The van der Waals surface area contributed by atoms with Crippen molar-refractivity contribution >= 4 is 5.69 Å². The molecule has 1 aliphatic heterocycles. The minimum atomic E-state index is -0.204. The molecule has 1 fully saturated rings. The van der Waals surface area contributed by atoms with Crippen molar-refractivity contribution < 1.29 is 9.50 Å². The predicted octanol–water partition coefficient (Wildman–Crippen LogP) is 2.81. The second-order valence-corrected chi connectivity index (χ2v) is 5.31. The summed E-state index contributed by atoms with van der Waals surface area (Å²) in [5, 5.41) is 9.45. The summed E-state index contributed by atoms with van der Waals surface area (Å²) in [7, 11) is 0. The van der Waals surface area contributed by atoms with Crippen molar-refractivity contribution in [2.75, 3.05) is 18.1 Å². The van der Waals surface area contributed by atoms with Crippen molar-refractivity contribution in [3.63, 3.8) is 0 Å². The molecule has 1 atom stereocenters. The predicted molar refractivity (Wildman–Crippen MR) is 67.6 cm³/mol. The fourth-order valence-corrected chi connectivity index (χ4v) is 2.78. The van der Waals surface area contributed by atoms with Gasteiger partial charge >= 0.3 is 0 Å². The van der Waals surface area contributed by atoms with E-state index in [0.717, 1.165) is 25.1 Å². The molecule has 1 aromatic rings. The lowest BCUT2D eigenvalue weighted by atomic mass is 9.79. The van der Waals surface area contributed by atoms with Crippen LogP contribution in [-0.2, 0) is 0 Å². The molecule has 2 nitrogen and oxygen atoms in total. The molecule has 0 aromatic heterocycles. The van der Waals surface area contributed by atoms with Crippen molar-refractivity contribution in [1.82, 2.24) is 0 Å². The zero-order chi connectivity index (χ0) is 12.5. The number of aliphatic hydroxyl groups excluding tert-OH is 1. The molecule has 3 heteroatoms. The molecule has 17 heavy (non-hydrogen) atoms. The van der Waals surface area contributed by atoms with Crippen LogP contribution in [-0.4, -0.2) is 23.8 Å². The van der Waals surface area contributed by atoms with Gasteiger partial charge in [0.1, 0.15) is 5.82 Å². The van der Waals surface area contributed by atoms with Crippen LogP contribution < -0.4 is 4.90 Å². The summed E-state index contributed by atoms with van der Waals surface area (Å²) in [6.45, 7) is 5.36. The van der Waals surface area contributed by atoms with E-state index in [9.17, 15) is 9.50 Å². The minimum absolute atomic E-state index is 0.124. The van der Waals surface area contributed by atoms with Crippen molar-refractivity contribution in [1.29, 1.82) is 0 Å². The Kier molecular flexibility index (Phi) is 3.38. The van der Waals surface area contributed by atoms with Crippen LogP contribution >= 0.6 is 0 Å². The highest BCUT2D eigenvalue weighted by Gasteiger charge is 2.38. The van der Waals surface area contributed by atoms with E-state index >= 15 is 0 Å². The average molecular weight is 237 g/mol. The normalized spacial score (nSPS) is 23.8. The molecule has 1 aliphatic rings. The van der Waals surface area contributed by atoms with Crippen LogP contribution in [0.15, 0.2) is 24.3 Å². The average Bonchev–Trinajstić information content (AvgIpc) is 2.28. The number of rotatable bonds is 2. The fraction of sp³-hybridized carbons (Fsp3) is 0.571. The second kappa shape index (κ2) is 4.65. The van der Waals surface area contributed by atoms with Crippen LogP contribution in [0.1, 0.15) is 26.7 Å². The maximum Gasteiger partial charge on any atom is 0.125 e. The van der Waals surface area contributed by atoms with E-state index in [-0.39, 0.29) is 23.9 Å². The van der Waals surface area contributed by atoms with Crippen LogP contribution in [0, 0.1) is 11.7 Å². The zero-order valence-electron chi connectivity index (χ0n) is 10.5. The third kappa shape index (κ3) is 2.29. The van der Waals surface area contributed by atoms with Gasteiger partial charge in [-0.15, -0.1) is 0 Å². The van der Waals surface area contributed by atoms with Crippen molar-refractivity contribution in [3.8, 4) is 0 Å². The van der Waals surface area contributed by atoms with Crippen LogP contribution in [0.2, 0.25) is 0 Å². The summed E-state index contributed by atoms with van der Waals surface area (Å²) in [6, 6.07) is 6.71. The Labute approximate surface area is 102 Å². The van der Waals surface area contributed by atoms with E-state index in [1.165, 1.54) is 6.07 Å². The first-order valence-electron chi connectivity index (χ1n) is 6.20. The molecule has 0 spiro atoms. The third-order valence-electron chi connectivity index (χ3n) is 3.97. The molecule has 1 N–H and O–H groups in total. The van der Waals surface area contributed by atoms with Gasteiger partial charge in [-0.05, 0) is 44.9 Å². The van der Waals surface area contributed by atoms with Crippen LogP contribution in [0.5, 0.6) is 0 Å². The van der Waals surface area contributed by atoms with Crippen molar-refractivity contribution in [2.24, 2.45) is 5.92 Å². The Morgan fingerprint density at radius 3 is 2.88 bits per heavy atom. The van der Waals surface area contributed by atoms with Crippen molar-refractivity contribution in [2.45, 2.75) is 32.2 Å². The summed E-state index contributed by atoms with van der Waals surface area (Å²) in [4.78, 5) is 2.21. The van der Waals surface area contributed by atoms with E-state index in [1.807, 2.05) is 6.07 Å². The number of benzene rings is 1. The number of nitrogens with zero attached hydrogens (tertiary/aromatic N) is 1. The van der Waals surface area contributed by atoms with E-state index in [4.69, 9.17) is 0 Å². The Morgan fingerprint density at radius 1 is 1.47 bits per heavy atom. The van der Waals surface area contributed by atoms with E-state index in [1.54, 1.807) is 12.1 Å². The highest BCUT2D eigenvalue weighted by molar-refractivity contribution is 5.49. The Bertz CT molecular complexity index is 392. The standard InChI is InChI=1S/C14H20FNO/c1-14(2)11(10-17)5-4-8-16(14)13-7-3-6-12(15)9-13/h3,6-7,9,11,17H,4-5,8,10H2,1-2H3. The molecule has 1 aromatic carbocycles. The Morgan fingerprint density at radius 2 is 2.24 bits per heavy atom. The van der Waals surface area contributed by atoms with Gasteiger partial charge in [0, 0.05) is 30.3 Å². The molecule has 2 rings (SSSR count). The molecule has 1 heterocycles. The van der Waals surface area contributed by atoms with Gasteiger partial charge in [-0.2, -0.15) is 0 Å². The number of anilines is 1. The number of piperidine rings is 1. The number of aliphatic hydroxyl groups is 1. The molecule has 1 unspecified atom stereocenters. The second-order valence-electron chi connectivity index (χ2n) is 5.31. The highest BCUT2D eigenvalue weighted by atomic mass is 19.1. The van der Waals surface area contributed by atoms with Gasteiger partial charge in [0.2, 0.25) is 0 Å². The molecule has 94 valence electrons. The van der Waals surface area contributed by atoms with Crippen LogP contribution in [0.3, 0.4) is 0 Å². The molecule has 0 amide bonds. The van der Waals surface area contributed by atoms with Crippen LogP contribution in [0.25, 0.3) is 0 Å². The molecular weight excluding hydrogens is 217 g/mol. The van der Waals surface area contributed by atoms with Crippen molar-refractivity contribution in [3.05, 3.63) is 30.1 Å². The number of hydrogen-bond acceptors (Lipinski definition) is 2. The Hall–Kier alpha value is -1.09. The molecule has 0 aliphatic carbocycles. The molecule has 1 saturated heterocycles. The summed E-state index contributed by atoms with van der Waals surface area (Å²) in [6.07, 6.45) is 2.08. The van der Waals surface area contributed by atoms with Gasteiger partial charge in [0.05, 0.1) is 0 Å². The lowest BCUT2D eigenvalue weighted by Gasteiger charge is -2.49. The lowest BCUT2D eigenvalue weighted by molar-refractivity contribution is 0.136. The van der Waals surface area contributed by atoms with E-state index in [0.29, 0.717) is 0 Å². The van der Waals surface area contributed by atoms with Gasteiger partial charge in [-0.25, -0.2) is 4.39 Å². The van der Waals surface area contributed by atoms with Gasteiger partial charge in [-0.3, -0.25) is 0 Å². The summed E-state index contributed by atoms with van der Waals surface area (Å²) >= 11 is 0. The van der Waals surface area contributed by atoms with Gasteiger partial charge in [0.15, 0.2) is 0 Å². The number of halogens is 1.